The second-order valence-corrected chi connectivity index (χ2v) is 7.77. The van der Waals surface area contributed by atoms with Crippen LogP contribution in [0.25, 0.3) is 11.1 Å². The number of nitrogens with zero attached hydrogens (tertiary/aromatic N) is 3. The Morgan fingerprint density at radius 1 is 1.13 bits per heavy atom. The Bertz CT molecular complexity index is 1000. The third kappa shape index (κ3) is 4.82. The number of aryl methyl sites for hydroxylation is 1. The predicted molar refractivity (Wildman–Crippen MR) is 115 cm³/mol. The van der Waals surface area contributed by atoms with Crippen molar-refractivity contribution in [1.82, 2.24) is 15.3 Å². The number of amides is 1. The first-order chi connectivity index (χ1) is 14.6. The quantitative estimate of drug-likeness (QED) is 0.695. The molecule has 1 atom stereocenters. The van der Waals surface area contributed by atoms with Gasteiger partial charge in [-0.15, -0.1) is 0 Å². The topological polar surface area (TPSA) is 58.1 Å². The first-order valence-corrected chi connectivity index (χ1v) is 10.2. The standard InChI is InChI=1S/C24H25FN4O/c1-17-7-9-18(10-8-17)13-26-23(30)20-5-3-11-29(16-20)24-27-14-21(15-28-24)19-4-2-6-22(25)12-19/h2,4,6-10,12,14-15,20H,3,5,11,13,16H2,1H3,(H,26,30)/t20-/m1/s1. The van der Waals surface area contributed by atoms with Crippen molar-refractivity contribution in [3.05, 3.63) is 77.9 Å². The van der Waals surface area contributed by atoms with Crippen molar-refractivity contribution in [2.24, 2.45) is 5.92 Å². The van der Waals surface area contributed by atoms with Crippen LogP contribution in [0.15, 0.2) is 60.9 Å². The number of benzene rings is 2. The Morgan fingerprint density at radius 2 is 1.90 bits per heavy atom. The number of carbonyl (C=O) groups is 1. The van der Waals surface area contributed by atoms with Gasteiger partial charge >= 0.3 is 0 Å². The highest BCUT2D eigenvalue weighted by molar-refractivity contribution is 5.79. The summed E-state index contributed by atoms with van der Waals surface area (Å²) in [5.41, 5.74) is 3.81. The minimum absolute atomic E-state index is 0.0663. The number of nitrogens with one attached hydrogen (secondary N) is 1. The fourth-order valence-corrected chi connectivity index (χ4v) is 3.71. The van der Waals surface area contributed by atoms with E-state index in [2.05, 4.69) is 32.3 Å². The van der Waals surface area contributed by atoms with E-state index in [0.29, 0.717) is 19.0 Å². The molecule has 154 valence electrons. The summed E-state index contributed by atoms with van der Waals surface area (Å²) in [4.78, 5) is 23.7. The van der Waals surface area contributed by atoms with Gasteiger partial charge in [0.1, 0.15) is 5.82 Å². The van der Waals surface area contributed by atoms with E-state index < -0.39 is 0 Å². The molecule has 30 heavy (non-hydrogen) atoms. The molecule has 2 heterocycles. The first-order valence-electron chi connectivity index (χ1n) is 10.2. The van der Waals surface area contributed by atoms with Gasteiger partial charge in [0.05, 0.1) is 5.92 Å². The van der Waals surface area contributed by atoms with Crippen molar-refractivity contribution < 1.29 is 9.18 Å². The van der Waals surface area contributed by atoms with Crippen molar-refractivity contribution in [3.8, 4) is 11.1 Å². The van der Waals surface area contributed by atoms with Gasteiger partial charge in [-0.3, -0.25) is 4.79 Å². The summed E-state index contributed by atoms with van der Waals surface area (Å²) in [5.74, 6) is 0.297. The molecule has 5 nitrogen and oxygen atoms in total. The lowest BCUT2D eigenvalue weighted by Crippen LogP contribution is -2.43. The summed E-state index contributed by atoms with van der Waals surface area (Å²) >= 11 is 0. The number of halogens is 1. The minimum Gasteiger partial charge on any atom is -0.352 e. The number of rotatable bonds is 5. The summed E-state index contributed by atoms with van der Waals surface area (Å²) in [6.07, 6.45) is 5.19. The van der Waals surface area contributed by atoms with Gasteiger partial charge in [0.25, 0.3) is 0 Å². The molecule has 1 saturated heterocycles. The van der Waals surface area contributed by atoms with Crippen LogP contribution in [0.4, 0.5) is 10.3 Å². The van der Waals surface area contributed by atoms with Crippen LogP contribution in [0.1, 0.15) is 24.0 Å². The predicted octanol–water partition coefficient (Wildman–Crippen LogP) is 4.12. The summed E-state index contributed by atoms with van der Waals surface area (Å²) < 4.78 is 13.4. The molecule has 4 rings (SSSR count). The van der Waals surface area contributed by atoms with Gasteiger partial charge in [0, 0.05) is 37.6 Å². The average molecular weight is 404 g/mol. The van der Waals surface area contributed by atoms with Crippen molar-refractivity contribution in [3.63, 3.8) is 0 Å². The van der Waals surface area contributed by atoms with E-state index >= 15 is 0 Å². The maximum atomic E-state index is 13.4. The van der Waals surface area contributed by atoms with Crippen LogP contribution < -0.4 is 10.2 Å². The van der Waals surface area contributed by atoms with Crippen molar-refractivity contribution in [1.29, 1.82) is 0 Å². The molecule has 6 heteroatoms. The maximum Gasteiger partial charge on any atom is 0.225 e. The lowest BCUT2D eigenvalue weighted by molar-refractivity contribution is -0.125. The zero-order valence-corrected chi connectivity index (χ0v) is 17.0. The van der Waals surface area contributed by atoms with Crippen LogP contribution in [-0.2, 0) is 11.3 Å². The van der Waals surface area contributed by atoms with Crippen LogP contribution >= 0.6 is 0 Å². The molecule has 0 saturated carbocycles. The molecular weight excluding hydrogens is 379 g/mol. The van der Waals surface area contributed by atoms with Gasteiger partial charge < -0.3 is 10.2 Å². The number of hydrogen-bond donors (Lipinski definition) is 1. The summed E-state index contributed by atoms with van der Waals surface area (Å²) in [7, 11) is 0. The molecule has 2 aromatic carbocycles. The van der Waals surface area contributed by atoms with Crippen LogP contribution in [0.2, 0.25) is 0 Å². The van der Waals surface area contributed by atoms with E-state index in [9.17, 15) is 9.18 Å². The van der Waals surface area contributed by atoms with Gasteiger partial charge in [0.15, 0.2) is 0 Å². The molecular formula is C24H25FN4O. The lowest BCUT2D eigenvalue weighted by atomic mass is 9.97. The smallest absolute Gasteiger partial charge is 0.225 e. The van der Waals surface area contributed by atoms with Gasteiger partial charge in [-0.1, -0.05) is 42.0 Å². The fourth-order valence-electron chi connectivity index (χ4n) is 3.71. The SMILES string of the molecule is Cc1ccc(CNC(=O)[C@@H]2CCCN(c3ncc(-c4cccc(F)c4)cn3)C2)cc1. The zero-order valence-electron chi connectivity index (χ0n) is 17.0. The van der Waals surface area contributed by atoms with Crippen molar-refractivity contribution >= 4 is 11.9 Å². The number of hydrogen-bond acceptors (Lipinski definition) is 4. The first kappa shape index (κ1) is 20.0. The van der Waals surface area contributed by atoms with Crippen LogP contribution in [-0.4, -0.2) is 29.0 Å². The maximum absolute atomic E-state index is 13.4. The summed E-state index contributed by atoms with van der Waals surface area (Å²) in [6, 6.07) is 14.6. The Hall–Kier alpha value is -3.28. The Kier molecular flexibility index (Phi) is 6.02. The van der Waals surface area contributed by atoms with E-state index in [4.69, 9.17) is 0 Å². The minimum atomic E-state index is -0.285. The molecule has 0 radical (unpaired) electrons. The van der Waals surface area contributed by atoms with Crippen LogP contribution in [0.5, 0.6) is 0 Å². The molecule has 0 bridgehead atoms. The molecule has 1 fully saturated rings. The Morgan fingerprint density at radius 3 is 2.63 bits per heavy atom. The van der Waals surface area contributed by atoms with Crippen molar-refractivity contribution in [2.75, 3.05) is 18.0 Å². The van der Waals surface area contributed by atoms with Gasteiger partial charge in [-0.25, -0.2) is 14.4 Å². The number of aromatic nitrogens is 2. The Balaban J connectivity index is 1.37. The van der Waals surface area contributed by atoms with Gasteiger partial charge in [-0.05, 0) is 43.0 Å². The molecule has 1 aliphatic rings. The molecule has 1 aliphatic heterocycles. The van der Waals surface area contributed by atoms with E-state index in [-0.39, 0.29) is 17.6 Å². The summed E-state index contributed by atoms with van der Waals surface area (Å²) in [6.45, 7) is 4.00. The molecule has 1 aromatic heterocycles. The second-order valence-electron chi connectivity index (χ2n) is 7.77. The van der Waals surface area contributed by atoms with Gasteiger partial charge in [-0.2, -0.15) is 0 Å². The van der Waals surface area contributed by atoms with E-state index in [1.807, 2.05) is 25.1 Å². The van der Waals surface area contributed by atoms with E-state index in [1.54, 1.807) is 18.5 Å². The van der Waals surface area contributed by atoms with Gasteiger partial charge in [0.2, 0.25) is 11.9 Å². The van der Waals surface area contributed by atoms with Crippen LogP contribution in [0.3, 0.4) is 0 Å². The number of anilines is 1. The molecule has 1 N–H and O–H groups in total. The molecule has 0 aliphatic carbocycles. The van der Waals surface area contributed by atoms with Crippen LogP contribution in [0, 0.1) is 18.7 Å². The fraction of sp³-hybridized carbons (Fsp3) is 0.292. The molecule has 0 unspecified atom stereocenters. The second kappa shape index (κ2) is 9.03. The zero-order chi connectivity index (χ0) is 20.9. The third-order valence-electron chi connectivity index (χ3n) is 5.46. The van der Waals surface area contributed by atoms with E-state index in [0.717, 1.165) is 36.1 Å². The van der Waals surface area contributed by atoms with Crippen molar-refractivity contribution in [2.45, 2.75) is 26.3 Å². The van der Waals surface area contributed by atoms with E-state index in [1.165, 1.54) is 17.7 Å². The molecule has 0 spiro atoms. The molecule has 1 amide bonds. The molecule has 3 aromatic rings. The monoisotopic (exact) mass is 404 g/mol. The average Bonchev–Trinajstić information content (AvgIpc) is 2.79. The highest BCUT2D eigenvalue weighted by Gasteiger charge is 2.27. The highest BCUT2D eigenvalue weighted by atomic mass is 19.1. The largest absolute Gasteiger partial charge is 0.352 e. The highest BCUT2D eigenvalue weighted by Crippen LogP contribution is 2.23. The third-order valence-corrected chi connectivity index (χ3v) is 5.46. The lowest BCUT2D eigenvalue weighted by Gasteiger charge is -2.32. The Labute approximate surface area is 176 Å². The number of piperidine rings is 1. The summed E-state index contributed by atoms with van der Waals surface area (Å²) in [5, 5.41) is 3.05. The number of carbonyl (C=O) groups excluding carboxylic acids is 1. The normalized spacial score (nSPS) is 16.3.